The summed E-state index contributed by atoms with van der Waals surface area (Å²) in [6.07, 6.45) is 2.36. The summed E-state index contributed by atoms with van der Waals surface area (Å²) in [4.78, 5) is 4.62. The van der Waals surface area contributed by atoms with Crippen LogP contribution in [0.3, 0.4) is 0 Å². The van der Waals surface area contributed by atoms with E-state index in [1.807, 2.05) is 31.3 Å². The second-order valence-electron chi connectivity index (χ2n) is 6.27. The zero-order valence-corrected chi connectivity index (χ0v) is 14.5. The van der Waals surface area contributed by atoms with Crippen LogP contribution in [0.1, 0.15) is 22.9 Å². The van der Waals surface area contributed by atoms with E-state index in [0.29, 0.717) is 6.42 Å². The molecule has 3 nitrogen and oxygen atoms in total. The number of likely N-dealkylation sites (N-methyl/N-ethyl adjacent to an activating group) is 1. The van der Waals surface area contributed by atoms with E-state index in [1.165, 1.54) is 11.6 Å². The minimum absolute atomic E-state index is 0.155. The van der Waals surface area contributed by atoms with E-state index in [9.17, 15) is 4.39 Å². The summed E-state index contributed by atoms with van der Waals surface area (Å²) in [5.41, 5.74) is 5.16. The van der Waals surface area contributed by atoms with Crippen LogP contribution < -0.4 is 5.84 Å². The molecule has 3 aromatic rings. The van der Waals surface area contributed by atoms with E-state index < -0.39 is 0 Å². The van der Waals surface area contributed by atoms with Crippen molar-refractivity contribution in [2.45, 2.75) is 19.4 Å². The quantitative estimate of drug-likeness (QED) is 0.559. The number of halogens is 1. The van der Waals surface area contributed by atoms with Crippen molar-refractivity contribution in [3.05, 3.63) is 89.5 Å². The Bertz CT molecular complexity index is 861. The van der Waals surface area contributed by atoms with Crippen LogP contribution in [0, 0.1) is 12.7 Å². The molecule has 0 amide bonds. The SMILES string of the molecule is Cc1ccccc1-c1cccnc1C(Cc1cccc(F)c1)N(C)N. The first-order valence-corrected chi connectivity index (χ1v) is 8.29. The highest BCUT2D eigenvalue weighted by atomic mass is 19.1. The zero-order chi connectivity index (χ0) is 17.8. The Balaban J connectivity index is 2.05. The highest BCUT2D eigenvalue weighted by Gasteiger charge is 2.21. The first-order chi connectivity index (χ1) is 12.1. The zero-order valence-electron chi connectivity index (χ0n) is 14.5. The highest BCUT2D eigenvalue weighted by molar-refractivity contribution is 5.69. The van der Waals surface area contributed by atoms with Crippen molar-refractivity contribution in [1.82, 2.24) is 9.99 Å². The van der Waals surface area contributed by atoms with E-state index >= 15 is 0 Å². The molecule has 2 aromatic carbocycles. The average Bonchev–Trinajstić information content (AvgIpc) is 2.60. The van der Waals surface area contributed by atoms with Gasteiger partial charge in [0.05, 0.1) is 11.7 Å². The van der Waals surface area contributed by atoms with Gasteiger partial charge in [-0.1, -0.05) is 42.5 Å². The van der Waals surface area contributed by atoms with Crippen molar-refractivity contribution in [1.29, 1.82) is 0 Å². The standard InChI is InChI=1S/C21H22FN3/c1-15-7-3-4-10-18(15)19-11-6-12-24-21(19)20(25(2)23)14-16-8-5-9-17(22)13-16/h3-13,20H,14,23H2,1-2H3. The molecule has 128 valence electrons. The maximum atomic E-state index is 13.6. The fraction of sp³-hybridized carbons (Fsp3) is 0.190. The van der Waals surface area contributed by atoms with Crippen molar-refractivity contribution < 1.29 is 4.39 Å². The van der Waals surface area contributed by atoms with Crippen LogP contribution in [0.4, 0.5) is 4.39 Å². The number of nitrogens with two attached hydrogens (primary N) is 1. The lowest BCUT2D eigenvalue weighted by Crippen LogP contribution is -2.33. The lowest BCUT2D eigenvalue weighted by molar-refractivity contribution is 0.246. The van der Waals surface area contributed by atoms with E-state index in [-0.39, 0.29) is 11.9 Å². The Morgan fingerprint density at radius 1 is 1.04 bits per heavy atom. The first kappa shape index (κ1) is 17.3. The Labute approximate surface area is 147 Å². The number of pyridine rings is 1. The number of hydrogen-bond donors (Lipinski definition) is 1. The third-order valence-corrected chi connectivity index (χ3v) is 4.40. The lowest BCUT2D eigenvalue weighted by atomic mass is 9.93. The van der Waals surface area contributed by atoms with E-state index in [2.05, 4.69) is 30.1 Å². The van der Waals surface area contributed by atoms with Crippen molar-refractivity contribution in [3.63, 3.8) is 0 Å². The molecule has 0 aliphatic rings. The molecule has 0 fully saturated rings. The van der Waals surface area contributed by atoms with Crippen LogP contribution in [0.5, 0.6) is 0 Å². The van der Waals surface area contributed by atoms with Gasteiger partial charge in [-0.2, -0.15) is 0 Å². The third kappa shape index (κ3) is 3.92. The second-order valence-corrected chi connectivity index (χ2v) is 6.27. The van der Waals surface area contributed by atoms with Crippen LogP contribution in [0.2, 0.25) is 0 Å². The average molecular weight is 335 g/mol. The second kappa shape index (κ2) is 7.55. The first-order valence-electron chi connectivity index (χ1n) is 8.29. The Morgan fingerprint density at radius 2 is 1.80 bits per heavy atom. The largest absolute Gasteiger partial charge is 0.268 e. The van der Waals surface area contributed by atoms with Gasteiger partial charge in [-0.3, -0.25) is 10.8 Å². The van der Waals surface area contributed by atoms with Crippen LogP contribution >= 0.6 is 0 Å². The number of benzene rings is 2. The summed E-state index contributed by atoms with van der Waals surface area (Å²) in [5, 5.41) is 1.65. The molecule has 2 N–H and O–H groups in total. The molecule has 4 heteroatoms. The van der Waals surface area contributed by atoms with Gasteiger partial charge in [0.25, 0.3) is 0 Å². The van der Waals surface area contributed by atoms with Gasteiger partial charge in [0.2, 0.25) is 0 Å². The highest BCUT2D eigenvalue weighted by Crippen LogP contribution is 2.32. The van der Waals surface area contributed by atoms with Gasteiger partial charge < -0.3 is 0 Å². The van der Waals surface area contributed by atoms with Gasteiger partial charge in [-0.25, -0.2) is 9.40 Å². The number of hydrazine groups is 1. The molecular weight excluding hydrogens is 313 g/mol. The summed E-state index contributed by atoms with van der Waals surface area (Å²) < 4.78 is 13.6. The van der Waals surface area contributed by atoms with Crippen LogP contribution in [0.25, 0.3) is 11.1 Å². The molecule has 1 aromatic heterocycles. The molecule has 0 aliphatic carbocycles. The molecule has 25 heavy (non-hydrogen) atoms. The molecule has 1 atom stereocenters. The number of nitrogens with zero attached hydrogens (tertiary/aromatic N) is 2. The molecule has 0 spiro atoms. The van der Waals surface area contributed by atoms with Crippen molar-refractivity contribution in [2.24, 2.45) is 5.84 Å². The predicted molar refractivity (Wildman–Crippen MR) is 99.2 cm³/mol. The molecule has 0 aliphatic heterocycles. The van der Waals surface area contributed by atoms with Crippen molar-refractivity contribution in [2.75, 3.05) is 7.05 Å². The molecular formula is C21H22FN3. The third-order valence-electron chi connectivity index (χ3n) is 4.40. The molecule has 1 unspecified atom stereocenters. The number of rotatable bonds is 5. The van der Waals surface area contributed by atoms with Gasteiger partial charge in [-0.15, -0.1) is 0 Å². The fourth-order valence-electron chi connectivity index (χ4n) is 3.11. The molecule has 0 radical (unpaired) electrons. The molecule has 3 rings (SSSR count). The van der Waals surface area contributed by atoms with E-state index in [0.717, 1.165) is 22.4 Å². The monoisotopic (exact) mass is 335 g/mol. The number of hydrogen-bond acceptors (Lipinski definition) is 3. The summed E-state index contributed by atoms with van der Waals surface area (Å²) in [7, 11) is 1.82. The van der Waals surface area contributed by atoms with Crippen molar-refractivity contribution >= 4 is 0 Å². The van der Waals surface area contributed by atoms with Crippen LogP contribution in [-0.2, 0) is 6.42 Å². The minimum atomic E-state index is -0.240. The maximum Gasteiger partial charge on any atom is 0.123 e. The molecule has 0 saturated carbocycles. The Hall–Kier alpha value is -2.56. The minimum Gasteiger partial charge on any atom is -0.268 e. The smallest absolute Gasteiger partial charge is 0.123 e. The van der Waals surface area contributed by atoms with Gasteiger partial charge in [0.1, 0.15) is 5.82 Å². The fourth-order valence-corrected chi connectivity index (χ4v) is 3.11. The van der Waals surface area contributed by atoms with E-state index in [4.69, 9.17) is 5.84 Å². The van der Waals surface area contributed by atoms with Gasteiger partial charge in [0, 0.05) is 18.8 Å². The molecule has 1 heterocycles. The van der Waals surface area contributed by atoms with Gasteiger partial charge in [-0.05, 0) is 48.2 Å². The maximum absolute atomic E-state index is 13.6. The number of aryl methyl sites for hydroxylation is 1. The molecule has 0 saturated heterocycles. The summed E-state index contributed by atoms with van der Waals surface area (Å²) in [6.45, 7) is 2.08. The van der Waals surface area contributed by atoms with E-state index in [1.54, 1.807) is 23.3 Å². The Morgan fingerprint density at radius 3 is 2.52 bits per heavy atom. The Kier molecular flexibility index (Phi) is 5.22. The number of aromatic nitrogens is 1. The molecule has 0 bridgehead atoms. The summed E-state index contributed by atoms with van der Waals surface area (Å²) in [6, 6.07) is 18.7. The van der Waals surface area contributed by atoms with Gasteiger partial charge in [0.15, 0.2) is 0 Å². The van der Waals surface area contributed by atoms with Gasteiger partial charge >= 0.3 is 0 Å². The van der Waals surface area contributed by atoms with Crippen molar-refractivity contribution in [3.8, 4) is 11.1 Å². The van der Waals surface area contributed by atoms with Crippen LogP contribution in [0.15, 0.2) is 66.9 Å². The van der Waals surface area contributed by atoms with Crippen LogP contribution in [-0.4, -0.2) is 17.0 Å². The predicted octanol–water partition coefficient (Wildman–Crippen LogP) is 4.29. The lowest BCUT2D eigenvalue weighted by Gasteiger charge is -2.26. The normalized spacial score (nSPS) is 12.4. The summed E-state index contributed by atoms with van der Waals surface area (Å²) >= 11 is 0. The summed E-state index contributed by atoms with van der Waals surface area (Å²) in [5.74, 6) is 5.90. The topological polar surface area (TPSA) is 42.2 Å².